The lowest BCUT2D eigenvalue weighted by atomic mass is 9.87. The molecule has 4 nitrogen and oxygen atoms in total. The Kier molecular flexibility index (Phi) is 3.98. The van der Waals surface area contributed by atoms with E-state index in [2.05, 4.69) is 20.8 Å². The van der Waals surface area contributed by atoms with Gasteiger partial charge in [0.25, 0.3) is 0 Å². The first-order chi connectivity index (χ1) is 9.81. The number of hydrogen-bond donors (Lipinski definition) is 2. The Morgan fingerprint density at radius 2 is 1.43 bits per heavy atom. The molecule has 0 radical (unpaired) electrons. The smallest absolute Gasteiger partial charge is 0.172 e. The maximum Gasteiger partial charge on any atom is 0.172 e. The van der Waals surface area contributed by atoms with Gasteiger partial charge in [0.1, 0.15) is 5.75 Å². The van der Waals surface area contributed by atoms with Crippen molar-refractivity contribution in [2.45, 2.75) is 26.2 Å². The van der Waals surface area contributed by atoms with Crippen molar-refractivity contribution in [2.75, 3.05) is 7.11 Å². The van der Waals surface area contributed by atoms with Crippen molar-refractivity contribution < 1.29 is 19.7 Å². The van der Waals surface area contributed by atoms with Gasteiger partial charge in [-0.25, -0.2) is 0 Å². The highest BCUT2D eigenvalue weighted by Crippen LogP contribution is 2.39. The molecule has 0 spiro atoms. The summed E-state index contributed by atoms with van der Waals surface area (Å²) in [5.41, 5.74) is 0.958. The molecule has 0 aliphatic heterocycles. The number of phenolic OH excluding ortho intramolecular Hbond substituents is 2. The van der Waals surface area contributed by atoms with E-state index in [-0.39, 0.29) is 22.7 Å². The van der Waals surface area contributed by atoms with Crippen LogP contribution in [0.3, 0.4) is 0 Å². The summed E-state index contributed by atoms with van der Waals surface area (Å²) < 4.78 is 10.7. The zero-order valence-corrected chi connectivity index (χ0v) is 12.7. The number of aromatic hydroxyl groups is 2. The molecule has 0 aliphatic carbocycles. The second-order valence-corrected chi connectivity index (χ2v) is 5.87. The van der Waals surface area contributed by atoms with Crippen LogP contribution in [0.25, 0.3) is 0 Å². The molecule has 2 aromatic rings. The molecule has 21 heavy (non-hydrogen) atoms. The predicted molar refractivity (Wildman–Crippen MR) is 81.5 cm³/mol. The van der Waals surface area contributed by atoms with Gasteiger partial charge >= 0.3 is 0 Å². The fourth-order valence-electron chi connectivity index (χ4n) is 1.88. The Hall–Kier alpha value is -2.36. The molecular formula is C17H20O4. The molecule has 0 amide bonds. The quantitative estimate of drug-likeness (QED) is 0.888. The minimum atomic E-state index is -0.0672. The molecule has 0 saturated carbocycles. The second kappa shape index (κ2) is 5.56. The zero-order valence-electron chi connectivity index (χ0n) is 12.7. The second-order valence-electron chi connectivity index (χ2n) is 5.87. The van der Waals surface area contributed by atoms with Crippen molar-refractivity contribution in [2.24, 2.45) is 0 Å². The first-order valence-corrected chi connectivity index (χ1v) is 6.69. The molecular weight excluding hydrogens is 268 g/mol. The third-order valence-electron chi connectivity index (χ3n) is 3.21. The van der Waals surface area contributed by atoms with Crippen molar-refractivity contribution in [3.63, 3.8) is 0 Å². The molecule has 112 valence electrons. The zero-order chi connectivity index (χ0) is 15.6. The molecule has 0 saturated heterocycles. The monoisotopic (exact) mass is 288 g/mol. The van der Waals surface area contributed by atoms with Gasteiger partial charge in [-0.05, 0) is 35.2 Å². The summed E-state index contributed by atoms with van der Waals surface area (Å²) in [5, 5.41) is 19.8. The Bertz CT molecular complexity index is 642. The van der Waals surface area contributed by atoms with Crippen LogP contribution in [0.15, 0.2) is 36.4 Å². The van der Waals surface area contributed by atoms with Crippen LogP contribution in [0.4, 0.5) is 0 Å². The van der Waals surface area contributed by atoms with E-state index in [0.29, 0.717) is 11.5 Å². The lowest BCUT2D eigenvalue weighted by Crippen LogP contribution is -2.10. The van der Waals surface area contributed by atoms with E-state index < -0.39 is 0 Å². The molecule has 2 rings (SSSR count). The molecule has 0 heterocycles. The van der Waals surface area contributed by atoms with Crippen LogP contribution in [0, 0.1) is 0 Å². The van der Waals surface area contributed by atoms with E-state index >= 15 is 0 Å². The van der Waals surface area contributed by atoms with Gasteiger partial charge in [0.05, 0.1) is 7.11 Å². The van der Waals surface area contributed by atoms with Crippen LogP contribution in [0.2, 0.25) is 0 Å². The van der Waals surface area contributed by atoms with E-state index in [1.165, 1.54) is 13.2 Å². The van der Waals surface area contributed by atoms with Gasteiger partial charge in [0.2, 0.25) is 0 Å². The molecule has 0 atom stereocenters. The standard InChI is InChI=1S/C17H20O4/c1-17(2,3)11-5-7-13(18)15(9-11)21-16-10-12(20-4)6-8-14(16)19/h5-10,18-19H,1-4H3. The van der Waals surface area contributed by atoms with Crippen LogP contribution in [0.1, 0.15) is 26.3 Å². The third kappa shape index (κ3) is 3.40. The van der Waals surface area contributed by atoms with Crippen molar-refractivity contribution >= 4 is 0 Å². The number of rotatable bonds is 3. The summed E-state index contributed by atoms with van der Waals surface area (Å²) in [6, 6.07) is 9.90. The third-order valence-corrected chi connectivity index (χ3v) is 3.21. The largest absolute Gasteiger partial charge is 0.504 e. The van der Waals surface area contributed by atoms with Gasteiger partial charge < -0.3 is 19.7 Å². The molecule has 0 aromatic heterocycles. The number of hydrogen-bond acceptors (Lipinski definition) is 4. The fraction of sp³-hybridized carbons (Fsp3) is 0.294. The SMILES string of the molecule is COc1ccc(O)c(Oc2cc(C(C)(C)C)ccc2O)c1. The van der Waals surface area contributed by atoms with Crippen molar-refractivity contribution in [3.05, 3.63) is 42.0 Å². The van der Waals surface area contributed by atoms with Gasteiger partial charge in [-0.2, -0.15) is 0 Å². The molecule has 4 heteroatoms. The summed E-state index contributed by atoms with van der Waals surface area (Å²) in [4.78, 5) is 0. The van der Waals surface area contributed by atoms with Crippen LogP contribution in [-0.2, 0) is 5.41 Å². The highest BCUT2D eigenvalue weighted by Gasteiger charge is 2.17. The summed E-state index contributed by atoms with van der Waals surface area (Å²) in [5.74, 6) is 1.09. The fourth-order valence-corrected chi connectivity index (χ4v) is 1.88. The van der Waals surface area contributed by atoms with Crippen molar-refractivity contribution in [3.8, 4) is 28.7 Å². The number of methoxy groups -OCH3 is 1. The van der Waals surface area contributed by atoms with E-state index in [1.807, 2.05) is 6.07 Å². The summed E-state index contributed by atoms with van der Waals surface area (Å²) >= 11 is 0. The lowest BCUT2D eigenvalue weighted by Gasteiger charge is -2.20. The van der Waals surface area contributed by atoms with E-state index in [1.54, 1.807) is 24.3 Å². The molecule has 2 aromatic carbocycles. The van der Waals surface area contributed by atoms with E-state index in [4.69, 9.17) is 9.47 Å². The lowest BCUT2D eigenvalue weighted by molar-refractivity contribution is 0.375. The van der Waals surface area contributed by atoms with Crippen LogP contribution >= 0.6 is 0 Å². The molecule has 0 unspecified atom stereocenters. The first kappa shape index (κ1) is 15.0. The summed E-state index contributed by atoms with van der Waals surface area (Å²) in [6.07, 6.45) is 0. The number of phenols is 2. The average molecular weight is 288 g/mol. The first-order valence-electron chi connectivity index (χ1n) is 6.69. The number of ether oxygens (including phenoxy) is 2. The molecule has 0 aliphatic rings. The Labute approximate surface area is 124 Å². The normalized spacial score (nSPS) is 11.2. The van der Waals surface area contributed by atoms with Crippen molar-refractivity contribution in [1.29, 1.82) is 0 Å². The van der Waals surface area contributed by atoms with Crippen LogP contribution in [0.5, 0.6) is 28.7 Å². The van der Waals surface area contributed by atoms with E-state index in [0.717, 1.165) is 5.56 Å². The van der Waals surface area contributed by atoms with Crippen LogP contribution in [-0.4, -0.2) is 17.3 Å². The maximum absolute atomic E-state index is 9.94. The number of benzene rings is 2. The topological polar surface area (TPSA) is 58.9 Å². The average Bonchev–Trinajstić information content (AvgIpc) is 2.42. The summed E-state index contributed by atoms with van der Waals surface area (Å²) in [7, 11) is 1.54. The Morgan fingerprint density at radius 3 is 2.00 bits per heavy atom. The van der Waals surface area contributed by atoms with Crippen molar-refractivity contribution in [1.82, 2.24) is 0 Å². The van der Waals surface area contributed by atoms with Crippen LogP contribution < -0.4 is 9.47 Å². The van der Waals surface area contributed by atoms with Gasteiger partial charge in [0, 0.05) is 6.07 Å². The molecule has 0 bridgehead atoms. The van der Waals surface area contributed by atoms with Gasteiger partial charge in [0.15, 0.2) is 23.0 Å². The summed E-state index contributed by atoms with van der Waals surface area (Å²) in [6.45, 7) is 6.23. The van der Waals surface area contributed by atoms with Gasteiger partial charge in [-0.15, -0.1) is 0 Å². The molecule has 2 N–H and O–H groups in total. The Morgan fingerprint density at radius 1 is 0.857 bits per heavy atom. The Balaban J connectivity index is 2.39. The van der Waals surface area contributed by atoms with Gasteiger partial charge in [-0.1, -0.05) is 26.8 Å². The minimum Gasteiger partial charge on any atom is -0.504 e. The highest BCUT2D eigenvalue weighted by molar-refractivity contribution is 5.51. The predicted octanol–water partition coefficient (Wildman–Crippen LogP) is 4.20. The maximum atomic E-state index is 9.94. The van der Waals surface area contributed by atoms with Gasteiger partial charge in [-0.3, -0.25) is 0 Å². The minimum absolute atomic E-state index is 0.0173. The highest BCUT2D eigenvalue weighted by atomic mass is 16.5. The van der Waals surface area contributed by atoms with E-state index in [9.17, 15) is 10.2 Å². The molecule has 0 fully saturated rings.